The van der Waals surface area contributed by atoms with Crippen LogP contribution in [0.15, 0.2) is 42.6 Å². The van der Waals surface area contributed by atoms with Gasteiger partial charge in [-0.2, -0.15) is 4.98 Å². The number of carbonyl (C=O) groups excluding carboxylic acids is 1. The molecule has 0 radical (unpaired) electrons. The molecule has 4 nitrogen and oxygen atoms in total. The summed E-state index contributed by atoms with van der Waals surface area (Å²) < 4.78 is 5.22. The van der Waals surface area contributed by atoms with Gasteiger partial charge in [-0.15, -0.1) is 0 Å². The van der Waals surface area contributed by atoms with Crippen LogP contribution in [-0.4, -0.2) is 22.4 Å². The number of Topliss-reactive ketones (excluding diaryl/α,β-unsaturated/α-hetero) is 1. The van der Waals surface area contributed by atoms with Crippen LogP contribution in [0.4, 0.5) is 0 Å². The molecule has 1 heterocycles. The Bertz CT molecular complexity index is 517. The lowest BCUT2D eigenvalue weighted by atomic mass is 10.1. The van der Waals surface area contributed by atoms with Gasteiger partial charge in [-0.1, -0.05) is 30.3 Å². The fraction of sp³-hybridized carbons (Fsp3) is 0.0833. The third kappa shape index (κ3) is 3.26. The molecule has 1 aromatic carbocycles. The maximum Gasteiger partial charge on any atom is 0.225 e. The van der Waals surface area contributed by atoms with Crippen molar-refractivity contribution >= 4 is 17.4 Å². The lowest BCUT2D eigenvalue weighted by molar-refractivity contribution is 0.0918. The number of hydrogen-bond acceptors (Lipinski definition) is 4. The number of ether oxygens (including phenoxy) is 1. The fourth-order valence-electron chi connectivity index (χ4n) is 1.25. The highest BCUT2D eigenvalue weighted by Crippen LogP contribution is 2.09. The Morgan fingerprint density at radius 1 is 1.24 bits per heavy atom. The average Bonchev–Trinajstić information content (AvgIpc) is 2.37. The highest BCUT2D eigenvalue weighted by atomic mass is 35.5. The van der Waals surface area contributed by atoms with Gasteiger partial charge in [0.25, 0.3) is 0 Å². The molecule has 5 heteroatoms. The Hall–Kier alpha value is -1.94. The van der Waals surface area contributed by atoms with Gasteiger partial charge in [-0.05, 0) is 11.6 Å². The topological polar surface area (TPSA) is 52.1 Å². The van der Waals surface area contributed by atoms with Gasteiger partial charge in [0.15, 0.2) is 12.4 Å². The van der Waals surface area contributed by atoms with E-state index in [-0.39, 0.29) is 23.6 Å². The Morgan fingerprint density at radius 3 is 2.71 bits per heavy atom. The van der Waals surface area contributed by atoms with Crippen LogP contribution >= 0.6 is 11.6 Å². The second-order valence-corrected chi connectivity index (χ2v) is 3.58. The normalized spacial score (nSPS) is 9.94. The third-order valence-electron chi connectivity index (χ3n) is 2.05. The molecule has 0 fully saturated rings. The minimum absolute atomic E-state index is 0.0721. The summed E-state index contributed by atoms with van der Waals surface area (Å²) in [5.74, 6) is 0.176. The summed E-state index contributed by atoms with van der Waals surface area (Å²) in [6.07, 6.45) is 1.47. The number of carbonyl (C=O) groups is 1. The molecular formula is C12H9ClN2O2. The molecule has 0 atom stereocenters. The second kappa shape index (κ2) is 5.41. The first-order chi connectivity index (χ1) is 8.25. The first kappa shape index (κ1) is 11.5. The van der Waals surface area contributed by atoms with Crippen LogP contribution in [0.25, 0.3) is 0 Å². The molecule has 0 amide bonds. The van der Waals surface area contributed by atoms with Crippen LogP contribution in [0.3, 0.4) is 0 Å². The molecule has 0 saturated carbocycles. The van der Waals surface area contributed by atoms with Gasteiger partial charge in [-0.25, -0.2) is 4.98 Å². The number of rotatable bonds is 4. The van der Waals surface area contributed by atoms with E-state index in [2.05, 4.69) is 9.97 Å². The molecule has 0 bridgehead atoms. The highest BCUT2D eigenvalue weighted by Gasteiger charge is 2.06. The molecule has 17 heavy (non-hydrogen) atoms. The fourth-order valence-corrected chi connectivity index (χ4v) is 1.39. The average molecular weight is 249 g/mol. The monoisotopic (exact) mass is 248 g/mol. The maximum absolute atomic E-state index is 11.7. The molecular weight excluding hydrogens is 240 g/mol. The molecule has 1 aromatic heterocycles. The van der Waals surface area contributed by atoms with E-state index in [0.29, 0.717) is 5.56 Å². The molecule has 86 valence electrons. The van der Waals surface area contributed by atoms with Crippen LogP contribution in [0.5, 0.6) is 5.88 Å². The van der Waals surface area contributed by atoms with Crippen LogP contribution < -0.4 is 4.74 Å². The van der Waals surface area contributed by atoms with Crippen molar-refractivity contribution in [2.24, 2.45) is 0 Å². The van der Waals surface area contributed by atoms with E-state index >= 15 is 0 Å². The predicted molar refractivity (Wildman–Crippen MR) is 63.3 cm³/mol. The third-order valence-corrected chi connectivity index (χ3v) is 2.23. The summed E-state index contributed by atoms with van der Waals surface area (Å²) in [7, 11) is 0. The largest absolute Gasteiger partial charge is 0.469 e. The standard InChI is InChI=1S/C12H9ClN2O2/c13-12-14-7-6-11(15-12)17-8-10(16)9-4-2-1-3-5-9/h1-7H,8H2. The van der Waals surface area contributed by atoms with Crippen LogP contribution in [0.2, 0.25) is 5.28 Å². The molecule has 0 unspecified atom stereocenters. The molecule has 0 saturated heterocycles. The molecule has 0 aliphatic carbocycles. The van der Waals surface area contributed by atoms with E-state index < -0.39 is 0 Å². The predicted octanol–water partition coefficient (Wildman–Crippen LogP) is 2.39. The van der Waals surface area contributed by atoms with Crippen molar-refractivity contribution in [1.82, 2.24) is 9.97 Å². The summed E-state index contributed by atoms with van der Waals surface area (Å²) in [5.41, 5.74) is 0.604. The Balaban J connectivity index is 1.97. The van der Waals surface area contributed by atoms with Crippen molar-refractivity contribution in [2.45, 2.75) is 0 Å². The molecule has 2 rings (SSSR count). The van der Waals surface area contributed by atoms with Crippen molar-refractivity contribution in [2.75, 3.05) is 6.61 Å². The summed E-state index contributed by atoms with van der Waals surface area (Å²) in [6.45, 7) is -0.0721. The van der Waals surface area contributed by atoms with Crippen molar-refractivity contribution in [3.05, 3.63) is 53.4 Å². The van der Waals surface area contributed by atoms with E-state index in [1.165, 1.54) is 6.20 Å². The summed E-state index contributed by atoms with van der Waals surface area (Å²) in [5, 5.41) is 0.0923. The van der Waals surface area contributed by atoms with E-state index in [1.54, 1.807) is 30.3 Å². The molecule has 2 aromatic rings. The summed E-state index contributed by atoms with van der Waals surface area (Å²) in [4.78, 5) is 19.2. The van der Waals surface area contributed by atoms with Gasteiger partial charge >= 0.3 is 0 Å². The Morgan fingerprint density at radius 2 is 2.00 bits per heavy atom. The SMILES string of the molecule is O=C(COc1ccnc(Cl)n1)c1ccccc1. The summed E-state index contributed by atoms with van der Waals surface area (Å²) in [6, 6.07) is 10.5. The maximum atomic E-state index is 11.7. The molecule has 0 N–H and O–H groups in total. The zero-order valence-corrected chi connectivity index (χ0v) is 9.59. The number of ketones is 1. The second-order valence-electron chi connectivity index (χ2n) is 3.24. The van der Waals surface area contributed by atoms with Crippen LogP contribution in [0.1, 0.15) is 10.4 Å². The van der Waals surface area contributed by atoms with Crippen LogP contribution in [-0.2, 0) is 0 Å². The number of benzene rings is 1. The molecule has 0 aliphatic rings. The zero-order chi connectivity index (χ0) is 12.1. The van der Waals surface area contributed by atoms with Gasteiger partial charge in [0, 0.05) is 17.8 Å². The van der Waals surface area contributed by atoms with Crippen molar-refractivity contribution in [1.29, 1.82) is 0 Å². The molecule has 0 spiro atoms. The number of nitrogens with zero attached hydrogens (tertiary/aromatic N) is 2. The smallest absolute Gasteiger partial charge is 0.225 e. The van der Waals surface area contributed by atoms with Gasteiger partial charge < -0.3 is 4.74 Å². The first-order valence-corrected chi connectivity index (χ1v) is 5.33. The number of aromatic nitrogens is 2. The van der Waals surface area contributed by atoms with Gasteiger partial charge in [0.2, 0.25) is 11.2 Å². The minimum Gasteiger partial charge on any atom is -0.469 e. The lowest BCUT2D eigenvalue weighted by Gasteiger charge is -2.04. The van der Waals surface area contributed by atoms with E-state index in [1.807, 2.05) is 6.07 Å². The van der Waals surface area contributed by atoms with Gasteiger partial charge in [0.05, 0.1) is 0 Å². The van der Waals surface area contributed by atoms with Crippen molar-refractivity contribution in [3.63, 3.8) is 0 Å². The minimum atomic E-state index is -0.111. The summed E-state index contributed by atoms with van der Waals surface area (Å²) >= 11 is 5.59. The van der Waals surface area contributed by atoms with Crippen molar-refractivity contribution < 1.29 is 9.53 Å². The van der Waals surface area contributed by atoms with E-state index in [0.717, 1.165) is 0 Å². The van der Waals surface area contributed by atoms with E-state index in [4.69, 9.17) is 16.3 Å². The van der Waals surface area contributed by atoms with Crippen LogP contribution in [0, 0.1) is 0 Å². The van der Waals surface area contributed by atoms with E-state index in [9.17, 15) is 4.79 Å². The quantitative estimate of drug-likeness (QED) is 0.616. The zero-order valence-electron chi connectivity index (χ0n) is 8.84. The number of halogens is 1. The number of hydrogen-bond donors (Lipinski definition) is 0. The van der Waals surface area contributed by atoms with Gasteiger partial charge in [-0.3, -0.25) is 4.79 Å². The first-order valence-electron chi connectivity index (χ1n) is 4.95. The molecule has 0 aliphatic heterocycles. The highest BCUT2D eigenvalue weighted by molar-refractivity contribution is 6.28. The van der Waals surface area contributed by atoms with Gasteiger partial charge in [0.1, 0.15) is 0 Å². The Kier molecular flexibility index (Phi) is 3.67. The Labute approximate surface area is 103 Å². The lowest BCUT2D eigenvalue weighted by Crippen LogP contribution is -2.12. The van der Waals surface area contributed by atoms with Crippen molar-refractivity contribution in [3.8, 4) is 5.88 Å².